The van der Waals surface area contributed by atoms with Crippen molar-refractivity contribution in [2.24, 2.45) is 5.92 Å². The Balaban J connectivity index is 2.31. The molecule has 0 bridgehead atoms. The van der Waals surface area contributed by atoms with E-state index in [9.17, 15) is 0 Å². The zero-order chi connectivity index (χ0) is 8.27. The first-order valence-electron chi connectivity index (χ1n) is 4.39. The Hall–Kier alpha value is -0.550. The van der Waals surface area contributed by atoms with Crippen LogP contribution in [0.1, 0.15) is 33.1 Å². The number of nitrogens with one attached hydrogen (secondary N) is 1. The quantitative estimate of drug-likeness (QED) is 0.667. The summed E-state index contributed by atoms with van der Waals surface area (Å²) in [4.78, 5) is 0. The predicted octanol–water partition coefficient (Wildman–Crippen LogP) is 1.68. The summed E-state index contributed by atoms with van der Waals surface area (Å²) in [6, 6.07) is 2.86. The molecule has 2 nitrogen and oxygen atoms in total. The van der Waals surface area contributed by atoms with Gasteiger partial charge in [-0.15, -0.1) is 0 Å². The Bertz CT molecular complexity index is 153. The minimum absolute atomic E-state index is 0.101. The van der Waals surface area contributed by atoms with Gasteiger partial charge in [-0.2, -0.15) is 5.26 Å². The van der Waals surface area contributed by atoms with E-state index in [1.54, 1.807) is 0 Å². The summed E-state index contributed by atoms with van der Waals surface area (Å²) in [5, 5.41) is 12.1. The normalized spacial score (nSPS) is 20.9. The number of hydrogen-bond donors (Lipinski definition) is 1. The Labute approximate surface area is 68.6 Å². The van der Waals surface area contributed by atoms with Crippen LogP contribution in [0.25, 0.3) is 0 Å². The maximum Gasteiger partial charge on any atom is 0.0983 e. The molecule has 1 atom stereocenters. The van der Waals surface area contributed by atoms with Gasteiger partial charge in [-0.25, -0.2) is 0 Å². The fourth-order valence-electron chi connectivity index (χ4n) is 1.41. The van der Waals surface area contributed by atoms with Gasteiger partial charge in [0.25, 0.3) is 0 Å². The van der Waals surface area contributed by atoms with Crippen LogP contribution >= 0.6 is 0 Å². The van der Waals surface area contributed by atoms with E-state index in [1.165, 1.54) is 19.3 Å². The second-order valence-electron chi connectivity index (χ2n) is 3.62. The van der Waals surface area contributed by atoms with Crippen molar-refractivity contribution >= 4 is 0 Å². The van der Waals surface area contributed by atoms with Gasteiger partial charge in [0.15, 0.2) is 0 Å². The van der Waals surface area contributed by atoms with Crippen molar-refractivity contribution in [2.75, 3.05) is 0 Å². The maximum absolute atomic E-state index is 8.80. The monoisotopic (exact) mass is 152 g/mol. The van der Waals surface area contributed by atoms with E-state index in [1.807, 2.05) is 0 Å². The SMILES string of the molecule is CC(C)NC(C#N)C1CCC1. The molecule has 62 valence electrons. The molecule has 1 N–H and O–H groups in total. The van der Waals surface area contributed by atoms with Crippen LogP contribution in [0, 0.1) is 17.2 Å². The predicted molar refractivity (Wildman–Crippen MR) is 45.0 cm³/mol. The molecule has 1 rings (SSSR count). The van der Waals surface area contributed by atoms with E-state index >= 15 is 0 Å². The number of nitriles is 1. The number of rotatable bonds is 3. The Kier molecular flexibility index (Phi) is 2.90. The first kappa shape index (κ1) is 8.55. The van der Waals surface area contributed by atoms with E-state index in [0.29, 0.717) is 12.0 Å². The third kappa shape index (κ3) is 2.20. The average molecular weight is 152 g/mol. The Morgan fingerprint density at radius 2 is 2.09 bits per heavy atom. The van der Waals surface area contributed by atoms with E-state index in [2.05, 4.69) is 25.2 Å². The lowest BCUT2D eigenvalue weighted by atomic mass is 9.80. The minimum atomic E-state index is 0.101. The second kappa shape index (κ2) is 3.73. The highest BCUT2D eigenvalue weighted by Crippen LogP contribution is 2.29. The van der Waals surface area contributed by atoms with E-state index in [0.717, 1.165) is 0 Å². The zero-order valence-corrected chi connectivity index (χ0v) is 7.30. The van der Waals surface area contributed by atoms with Gasteiger partial charge in [0.1, 0.15) is 0 Å². The van der Waals surface area contributed by atoms with Gasteiger partial charge in [-0.1, -0.05) is 6.42 Å². The first-order valence-corrected chi connectivity index (χ1v) is 4.39. The molecule has 1 saturated carbocycles. The smallest absolute Gasteiger partial charge is 0.0983 e. The van der Waals surface area contributed by atoms with E-state index in [4.69, 9.17) is 5.26 Å². The molecule has 1 unspecified atom stereocenters. The van der Waals surface area contributed by atoms with Gasteiger partial charge in [0.05, 0.1) is 12.1 Å². The van der Waals surface area contributed by atoms with Gasteiger partial charge in [-0.3, -0.25) is 5.32 Å². The van der Waals surface area contributed by atoms with Gasteiger partial charge in [0.2, 0.25) is 0 Å². The standard InChI is InChI=1S/C9H16N2/c1-7(2)11-9(6-10)8-4-3-5-8/h7-9,11H,3-5H2,1-2H3. The molecule has 1 fully saturated rings. The summed E-state index contributed by atoms with van der Waals surface area (Å²) >= 11 is 0. The molecule has 0 spiro atoms. The topological polar surface area (TPSA) is 35.8 Å². The highest BCUT2D eigenvalue weighted by Gasteiger charge is 2.26. The molecule has 0 radical (unpaired) electrons. The lowest BCUT2D eigenvalue weighted by Crippen LogP contribution is -2.41. The van der Waals surface area contributed by atoms with Crippen LogP contribution in [0.3, 0.4) is 0 Å². The summed E-state index contributed by atoms with van der Waals surface area (Å²) in [6.45, 7) is 4.17. The Morgan fingerprint density at radius 1 is 1.45 bits per heavy atom. The van der Waals surface area contributed by atoms with Crippen LogP contribution in [-0.2, 0) is 0 Å². The van der Waals surface area contributed by atoms with Crippen molar-refractivity contribution in [1.82, 2.24) is 5.32 Å². The third-order valence-electron chi connectivity index (χ3n) is 2.27. The molecule has 0 aliphatic heterocycles. The largest absolute Gasteiger partial charge is 0.299 e. The minimum Gasteiger partial charge on any atom is -0.299 e. The van der Waals surface area contributed by atoms with Crippen molar-refractivity contribution in [3.05, 3.63) is 0 Å². The third-order valence-corrected chi connectivity index (χ3v) is 2.27. The van der Waals surface area contributed by atoms with E-state index < -0.39 is 0 Å². The molecule has 11 heavy (non-hydrogen) atoms. The maximum atomic E-state index is 8.80. The van der Waals surface area contributed by atoms with Crippen molar-refractivity contribution in [2.45, 2.75) is 45.2 Å². The Morgan fingerprint density at radius 3 is 2.36 bits per heavy atom. The number of hydrogen-bond acceptors (Lipinski definition) is 2. The molecule has 0 aromatic rings. The van der Waals surface area contributed by atoms with Crippen molar-refractivity contribution in [1.29, 1.82) is 5.26 Å². The molecule has 0 aromatic heterocycles. The molecular weight excluding hydrogens is 136 g/mol. The van der Waals surface area contributed by atoms with Crippen LogP contribution in [0.15, 0.2) is 0 Å². The first-order chi connectivity index (χ1) is 5.24. The van der Waals surface area contributed by atoms with Crippen molar-refractivity contribution in [3.63, 3.8) is 0 Å². The molecule has 0 heterocycles. The summed E-state index contributed by atoms with van der Waals surface area (Å²) < 4.78 is 0. The second-order valence-corrected chi connectivity index (χ2v) is 3.62. The van der Waals surface area contributed by atoms with Crippen LogP contribution in [0.5, 0.6) is 0 Å². The number of nitrogens with zero attached hydrogens (tertiary/aromatic N) is 1. The summed E-state index contributed by atoms with van der Waals surface area (Å²) in [7, 11) is 0. The summed E-state index contributed by atoms with van der Waals surface area (Å²) in [5.74, 6) is 0.627. The fraction of sp³-hybridized carbons (Fsp3) is 0.889. The molecule has 0 aromatic carbocycles. The van der Waals surface area contributed by atoms with Gasteiger partial charge in [0, 0.05) is 6.04 Å². The fourth-order valence-corrected chi connectivity index (χ4v) is 1.41. The molecule has 0 saturated heterocycles. The lowest BCUT2D eigenvalue weighted by Gasteiger charge is -2.31. The van der Waals surface area contributed by atoms with Crippen LogP contribution in [0.2, 0.25) is 0 Å². The van der Waals surface area contributed by atoms with Crippen LogP contribution in [-0.4, -0.2) is 12.1 Å². The van der Waals surface area contributed by atoms with Gasteiger partial charge in [-0.05, 0) is 32.6 Å². The molecule has 0 amide bonds. The van der Waals surface area contributed by atoms with Gasteiger partial charge < -0.3 is 0 Å². The summed E-state index contributed by atoms with van der Waals surface area (Å²) in [6.07, 6.45) is 3.78. The van der Waals surface area contributed by atoms with Crippen LogP contribution in [0.4, 0.5) is 0 Å². The highest BCUT2D eigenvalue weighted by molar-refractivity contribution is 4.98. The highest BCUT2D eigenvalue weighted by atomic mass is 14.9. The van der Waals surface area contributed by atoms with Crippen LogP contribution < -0.4 is 5.32 Å². The average Bonchev–Trinajstić information content (AvgIpc) is 1.81. The molecule has 2 heteroatoms. The van der Waals surface area contributed by atoms with Gasteiger partial charge >= 0.3 is 0 Å². The molecule has 1 aliphatic rings. The lowest BCUT2D eigenvalue weighted by molar-refractivity contribution is 0.255. The van der Waals surface area contributed by atoms with Crippen molar-refractivity contribution < 1.29 is 0 Å². The summed E-state index contributed by atoms with van der Waals surface area (Å²) in [5.41, 5.74) is 0. The van der Waals surface area contributed by atoms with Crippen molar-refractivity contribution in [3.8, 4) is 6.07 Å². The molecular formula is C9H16N2. The van der Waals surface area contributed by atoms with E-state index in [-0.39, 0.29) is 6.04 Å². The zero-order valence-electron chi connectivity index (χ0n) is 7.30. The molecule has 1 aliphatic carbocycles.